The molecule has 1 heterocycles. The van der Waals surface area contributed by atoms with E-state index in [-0.39, 0.29) is 0 Å². The molecular weight excluding hydrogens is 112 g/mol. The zero-order chi connectivity index (χ0) is 6.27. The summed E-state index contributed by atoms with van der Waals surface area (Å²) in [6.45, 7) is 1.19. The highest BCUT2D eigenvalue weighted by atomic mass is 15.0. The van der Waals surface area contributed by atoms with E-state index in [9.17, 15) is 0 Å². The SMILES string of the molecule is N[C@H]1[C@@H]2CCCCN[C@@H]12. The van der Waals surface area contributed by atoms with Gasteiger partial charge in [-0.05, 0) is 25.3 Å². The number of hydrogen-bond acceptors (Lipinski definition) is 2. The van der Waals surface area contributed by atoms with Gasteiger partial charge in [-0.15, -0.1) is 0 Å². The molecule has 3 atom stereocenters. The Morgan fingerprint density at radius 3 is 3.11 bits per heavy atom. The van der Waals surface area contributed by atoms with Crippen LogP contribution in [0.25, 0.3) is 0 Å². The maximum absolute atomic E-state index is 5.78. The van der Waals surface area contributed by atoms with Crippen LogP contribution in [-0.2, 0) is 0 Å². The number of nitrogens with one attached hydrogen (secondary N) is 1. The van der Waals surface area contributed by atoms with Crippen LogP contribution in [0.3, 0.4) is 0 Å². The molecule has 0 aromatic carbocycles. The average Bonchev–Trinajstić information content (AvgIpc) is 2.51. The first kappa shape index (κ1) is 5.69. The lowest BCUT2D eigenvalue weighted by molar-refractivity contribution is 0.629. The molecule has 1 saturated heterocycles. The number of hydrogen-bond donors (Lipinski definition) is 2. The van der Waals surface area contributed by atoms with E-state index in [2.05, 4.69) is 5.32 Å². The number of fused-ring (bicyclic) bond motifs is 1. The van der Waals surface area contributed by atoms with Crippen molar-refractivity contribution in [1.29, 1.82) is 0 Å². The lowest BCUT2D eigenvalue weighted by Gasteiger charge is -1.97. The van der Waals surface area contributed by atoms with Gasteiger partial charge in [0.15, 0.2) is 0 Å². The predicted molar refractivity (Wildman–Crippen MR) is 37.1 cm³/mol. The van der Waals surface area contributed by atoms with Crippen molar-refractivity contribution in [3.8, 4) is 0 Å². The Bertz CT molecular complexity index is 101. The molecule has 2 fully saturated rings. The van der Waals surface area contributed by atoms with Crippen molar-refractivity contribution in [3.05, 3.63) is 0 Å². The van der Waals surface area contributed by atoms with Gasteiger partial charge in [-0.1, -0.05) is 6.42 Å². The minimum atomic E-state index is 0.491. The Labute approximate surface area is 55.8 Å². The summed E-state index contributed by atoms with van der Waals surface area (Å²) >= 11 is 0. The molecule has 0 spiro atoms. The van der Waals surface area contributed by atoms with Crippen LogP contribution in [0.1, 0.15) is 19.3 Å². The molecule has 0 unspecified atom stereocenters. The van der Waals surface area contributed by atoms with Crippen LogP contribution in [-0.4, -0.2) is 18.6 Å². The topological polar surface area (TPSA) is 38.0 Å². The summed E-state index contributed by atoms with van der Waals surface area (Å²) in [4.78, 5) is 0. The first-order chi connectivity index (χ1) is 4.39. The van der Waals surface area contributed by atoms with E-state index in [1.807, 2.05) is 0 Å². The second-order valence-corrected chi connectivity index (χ2v) is 3.22. The van der Waals surface area contributed by atoms with Crippen molar-refractivity contribution >= 4 is 0 Å². The Morgan fingerprint density at radius 2 is 2.22 bits per heavy atom. The molecule has 9 heavy (non-hydrogen) atoms. The monoisotopic (exact) mass is 126 g/mol. The average molecular weight is 126 g/mol. The van der Waals surface area contributed by atoms with Crippen LogP contribution in [0.2, 0.25) is 0 Å². The Kier molecular flexibility index (Phi) is 1.24. The van der Waals surface area contributed by atoms with Crippen LogP contribution in [0.4, 0.5) is 0 Å². The van der Waals surface area contributed by atoms with Gasteiger partial charge in [-0.25, -0.2) is 0 Å². The standard InChI is InChI=1S/C7H14N2/c8-6-5-3-1-2-4-9-7(5)6/h5-7,9H,1-4,8H2/t5-,6-,7+/m0/s1. The summed E-state index contributed by atoms with van der Waals surface area (Å²) in [6.07, 6.45) is 4.08. The fraction of sp³-hybridized carbons (Fsp3) is 1.00. The lowest BCUT2D eigenvalue weighted by atomic mass is 10.2. The number of nitrogens with two attached hydrogens (primary N) is 1. The Balaban J connectivity index is 1.93. The van der Waals surface area contributed by atoms with Crippen molar-refractivity contribution in [2.24, 2.45) is 11.7 Å². The lowest BCUT2D eigenvalue weighted by Crippen LogP contribution is -2.23. The molecule has 0 radical (unpaired) electrons. The fourth-order valence-electron chi connectivity index (χ4n) is 1.83. The van der Waals surface area contributed by atoms with E-state index in [1.165, 1.54) is 25.8 Å². The molecule has 0 aromatic rings. The third kappa shape index (κ3) is 0.864. The van der Waals surface area contributed by atoms with Crippen molar-refractivity contribution in [3.63, 3.8) is 0 Å². The summed E-state index contributed by atoms with van der Waals surface area (Å²) in [5.41, 5.74) is 5.78. The summed E-state index contributed by atoms with van der Waals surface area (Å²) < 4.78 is 0. The van der Waals surface area contributed by atoms with Gasteiger partial charge in [0.25, 0.3) is 0 Å². The van der Waals surface area contributed by atoms with Crippen molar-refractivity contribution in [2.75, 3.05) is 6.54 Å². The van der Waals surface area contributed by atoms with Gasteiger partial charge in [0, 0.05) is 12.1 Å². The van der Waals surface area contributed by atoms with Crippen LogP contribution in [0.15, 0.2) is 0 Å². The van der Waals surface area contributed by atoms with E-state index < -0.39 is 0 Å². The molecule has 2 rings (SSSR count). The third-order valence-electron chi connectivity index (χ3n) is 2.57. The van der Waals surface area contributed by atoms with Crippen molar-refractivity contribution in [2.45, 2.75) is 31.3 Å². The first-order valence-electron chi connectivity index (χ1n) is 3.88. The zero-order valence-electron chi connectivity index (χ0n) is 5.64. The summed E-state index contributed by atoms with van der Waals surface area (Å²) in [7, 11) is 0. The quantitative estimate of drug-likeness (QED) is 0.482. The van der Waals surface area contributed by atoms with Gasteiger partial charge < -0.3 is 11.1 Å². The Morgan fingerprint density at radius 1 is 1.33 bits per heavy atom. The third-order valence-corrected chi connectivity index (χ3v) is 2.57. The normalized spacial score (nSPS) is 49.7. The fourth-order valence-corrected chi connectivity index (χ4v) is 1.83. The smallest absolute Gasteiger partial charge is 0.0265 e. The molecule has 0 aromatic heterocycles. The minimum Gasteiger partial charge on any atom is -0.326 e. The van der Waals surface area contributed by atoms with E-state index in [0.717, 1.165) is 5.92 Å². The van der Waals surface area contributed by atoms with Crippen LogP contribution in [0.5, 0.6) is 0 Å². The molecule has 0 bridgehead atoms. The molecular formula is C7H14N2. The molecule has 1 aliphatic heterocycles. The van der Waals surface area contributed by atoms with Gasteiger partial charge in [0.1, 0.15) is 0 Å². The van der Waals surface area contributed by atoms with Gasteiger partial charge in [-0.3, -0.25) is 0 Å². The van der Waals surface area contributed by atoms with Gasteiger partial charge in [-0.2, -0.15) is 0 Å². The molecule has 2 aliphatic rings. The highest BCUT2D eigenvalue weighted by Gasteiger charge is 2.46. The highest BCUT2D eigenvalue weighted by Crippen LogP contribution is 2.35. The van der Waals surface area contributed by atoms with Gasteiger partial charge in [0.2, 0.25) is 0 Å². The number of rotatable bonds is 0. The highest BCUT2D eigenvalue weighted by molar-refractivity contribution is 5.07. The van der Waals surface area contributed by atoms with Crippen LogP contribution < -0.4 is 11.1 Å². The van der Waals surface area contributed by atoms with Crippen molar-refractivity contribution < 1.29 is 0 Å². The molecule has 1 saturated carbocycles. The molecule has 3 N–H and O–H groups in total. The van der Waals surface area contributed by atoms with E-state index in [0.29, 0.717) is 12.1 Å². The molecule has 2 heteroatoms. The second-order valence-electron chi connectivity index (χ2n) is 3.22. The molecule has 2 nitrogen and oxygen atoms in total. The van der Waals surface area contributed by atoms with Crippen LogP contribution >= 0.6 is 0 Å². The van der Waals surface area contributed by atoms with Gasteiger partial charge >= 0.3 is 0 Å². The predicted octanol–water partition coefficient (Wildman–Crippen LogP) is 0.0856. The van der Waals surface area contributed by atoms with Gasteiger partial charge in [0.05, 0.1) is 0 Å². The second kappa shape index (κ2) is 1.96. The van der Waals surface area contributed by atoms with Crippen molar-refractivity contribution in [1.82, 2.24) is 5.32 Å². The summed E-state index contributed by atoms with van der Waals surface area (Å²) in [6, 6.07) is 1.18. The van der Waals surface area contributed by atoms with Crippen LogP contribution in [0, 0.1) is 5.92 Å². The summed E-state index contributed by atoms with van der Waals surface area (Å²) in [5, 5.41) is 3.44. The first-order valence-corrected chi connectivity index (χ1v) is 3.88. The van der Waals surface area contributed by atoms with E-state index >= 15 is 0 Å². The summed E-state index contributed by atoms with van der Waals surface area (Å²) in [5.74, 6) is 0.826. The molecule has 52 valence electrons. The maximum atomic E-state index is 5.78. The molecule has 0 amide bonds. The van der Waals surface area contributed by atoms with E-state index in [1.54, 1.807) is 0 Å². The maximum Gasteiger partial charge on any atom is 0.0265 e. The minimum absolute atomic E-state index is 0.491. The molecule has 1 aliphatic carbocycles. The zero-order valence-corrected chi connectivity index (χ0v) is 5.64. The largest absolute Gasteiger partial charge is 0.326 e. The van der Waals surface area contributed by atoms with E-state index in [4.69, 9.17) is 5.73 Å². The Hall–Kier alpha value is -0.0800.